The van der Waals surface area contributed by atoms with Crippen LogP contribution in [0.2, 0.25) is 0 Å². The molecule has 9 nitrogen and oxygen atoms in total. The van der Waals surface area contributed by atoms with Crippen molar-refractivity contribution >= 4 is 29.4 Å². The second kappa shape index (κ2) is 10.9. The largest absolute Gasteiger partial charge is 0.480 e. The number of benzene rings is 2. The van der Waals surface area contributed by atoms with Gasteiger partial charge in [0.25, 0.3) is 0 Å². The van der Waals surface area contributed by atoms with Crippen LogP contribution in [0.15, 0.2) is 85.1 Å². The number of hydrogen-bond donors (Lipinski definition) is 1. The fourth-order valence-electron chi connectivity index (χ4n) is 5.59. The van der Waals surface area contributed by atoms with Crippen molar-refractivity contribution in [3.63, 3.8) is 0 Å². The number of piperazine rings is 1. The van der Waals surface area contributed by atoms with Gasteiger partial charge in [-0.05, 0) is 55.7 Å². The number of aliphatic carboxylic acids is 1. The second-order valence-corrected chi connectivity index (χ2v) is 9.74. The Balaban J connectivity index is 1.46. The van der Waals surface area contributed by atoms with Gasteiger partial charge in [0.1, 0.15) is 0 Å². The number of carbonyl (C=O) groups is 3. The van der Waals surface area contributed by atoms with Crippen LogP contribution in [0.5, 0.6) is 0 Å². The van der Waals surface area contributed by atoms with Crippen LogP contribution in [0.1, 0.15) is 25.0 Å². The molecule has 5 rings (SSSR count). The molecule has 0 unspecified atom stereocenters. The maximum absolute atomic E-state index is 14.2. The number of carboxylic acid groups (broad SMARTS) is 1. The van der Waals surface area contributed by atoms with E-state index >= 15 is 0 Å². The van der Waals surface area contributed by atoms with Crippen LogP contribution >= 0.6 is 0 Å². The highest BCUT2D eigenvalue weighted by molar-refractivity contribution is 6.01. The predicted molar refractivity (Wildman–Crippen MR) is 143 cm³/mol. The molecule has 196 valence electrons. The van der Waals surface area contributed by atoms with Crippen LogP contribution in [0.25, 0.3) is 0 Å². The fraction of sp³-hybridized carbons (Fsp3) is 0.310. The van der Waals surface area contributed by atoms with E-state index in [-0.39, 0.29) is 18.6 Å². The van der Waals surface area contributed by atoms with Crippen molar-refractivity contribution in [3.8, 4) is 0 Å². The van der Waals surface area contributed by atoms with Gasteiger partial charge in [0.15, 0.2) is 6.04 Å². The highest BCUT2D eigenvalue weighted by atomic mass is 16.4. The number of amides is 4. The highest BCUT2D eigenvalue weighted by Crippen LogP contribution is 2.36. The van der Waals surface area contributed by atoms with Gasteiger partial charge in [-0.25, -0.2) is 14.4 Å². The molecule has 0 aliphatic carbocycles. The number of likely N-dealkylation sites (tertiary alicyclic amines) is 1. The Labute approximate surface area is 221 Å². The molecule has 3 heterocycles. The number of carboxylic acids is 1. The average Bonchev–Trinajstić information content (AvgIpc) is 2.93. The SMILES string of the molecule is CN(Cc1ccccn1)C(=O)N1[C@H]2CCC[C@@H]1[C@@H](C(=O)O)N(C(=O)N(c1ccccc1)c1ccccc1)C2. The first-order valence-electron chi connectivity index (χ1n) is 12.8. The van der Waals surface area contributed by atoms with Crippen LogP contribution in [0.3, 0.4) is 0 Å². The molecule has 2 aromatic carbocycles. The summed E-state index contributed by atoms with van der Waals surface area (Å²) in [5.41, 5.74) is 2.04. The first-order chi connectivity index (χ1) is 18.5. The number of carbonyl (C=O) groups excluding carboxylic acids is 2. The normalized spacial score (nSPS) is 20.5. The topological polar surface area (TPSA) is 97.3 Å². The van der Waals surface area contributed by atoms with Crippen molar-refractivity contribution < 1.29 is 19.5 Å². The van der Waals surface area contributed by atoms with Crippen LogP contribution in [-0.4, -0.2) is 74.5 Å². The smallest absolute Gasteiger partial charge is 0.329 e. The molecule has 3 atom stereocenters. The third kappa shape index (κ3) is 4.91. The number of nitrogens with zero attached hydrogens (tertiary/aromatic N) is 5. The number of hydrogen-bond acceptors (Lipinski definition) is 4. The van der Waals surface area contributed by atoms with E-state index in [2.05, 4.69) is 4.98 Å². The van der Waals surface area contributed by atoms with Crippen LogP contribution in [-0.2, 0) is 11.3 Å². The minimum absolute atomic E-state index is 0.144. The fourth-order valence-corrected chi connectivity index (χ4v) is 5.59. The molecule has 3 aromatic rings. The van der Waals surface area contributed by atoms with Crippen molar-refractivity contribution in [2.45, 2.75) is 43.9 Å². The summed E-state index contributed by atoms with van der Waals surface area (Å²) >= 11 is 0. The van der Waals surface area contributed by atoms with Gasteiger partial charge in [-0.3, -0.25) is 9.88 Å². The maximum atomic E-state index is 14.2. The zero-order chi connectivity index (χ0) is 26.6. The van der Waals surface area contributed by atoms with Gasteiger partial charge in [-0.2, -0.15) is 0 Å². The van der Waals surface area contributed by atoms with Crippen molar-refractivity contribution in [2.75, 3.05) is 18.5 Å². The third-order valence-corrected chi connectivity index (χ3v) is 7.29. The van der Waals surface area contributed by atoms with Gasteiger partial charge in [0.2, 0.25) is 0 Å². The zero-order valence-corrected chi connectivity index (χ0v) is 21.3. The van der Waals surface area contributed by atoms with Gasteiger partial charge < -0.3 is 19.8 Å². The van der Waals surface area contributed by atoms with E-state index in [0.717, 1.165) is 12.1 Å². The Morgan fingerprint density at radius 1 is 0.895 bits per heavy atom. The minimum Gasteiger partial charge on any atom is -0.480 e. The number of anilines is 2. The average molecular weight is 514 g/mol. The number of pyridine rings is 1. The molecule has 9 heteroatoms. The van der Waals surface area contributed by atoms with E-state index in [1.54, 1.807) is 27.9 Å². The molecule has 4 amide bonds. The van der Waals surface area contributed by atoms with Crippen LogP contribution in [0.4, 0.5) is 21.0 Å². The van der Waals surface area contributed by atoms with E-state index in [1.807, 2.05) is 78.9 Å². The van der Waals surface area contributed by atoms with Gasteiger partial charge in [-0.15, -0.1) is 0 Å². The maximum Gasteiger partial charge on any atom is 0.329 e. The Kier molecular flexibility index (Phi) is 7.26. The zero-order valence-electron chi connectivity index (χ0n) is 21.3. The summed E-state index contributed by atoms with van der Waals surface area (Å²) in [5, 5.41) is 10.4. The number of urea groups is 2. The van der Waals surface area contributed by atoms with Gasteiger partial charge >= 0.3 is 18.0 Å². The van der Waals surface area contributed by atoms with Crippen molar-refractivity contribution in [2.24, 2.45) is 0 Å². The van der Waals surface area contributed by atoms with E-state index in [9.17, 15) is 19.5 Å². The minimum atomic E-state index is -1.17. The molecule has 1 aromatic heterocycles. The van der Waals surface area contributed by atoms with E-state index in [1.165, 1.54) is 4.90 Å². The summed E-state index contributed by atoms with van der Waals surface area (Å²) in [6, 6.07) is 21.2. The van der Waals surface area contributed by atoms with E-state index < -0.39 is 24.1 Å². The summed E-state index contributed by atoms with van der Waals surface area (Å²) < 4.78 is 0. The molecular weight excluding hydrogens is 482 g/mol. The van der Waals surface area contributed by atoms with Crippen LogP contribution < -0.4 is 4.90 Å². The predicted octanol–water partition coefficient (Wildman–Crippen LogP) is 4.58. The molecule has 2 fully saturated rings. The lowest BCUT2D eigenvalue weighted by Crippen LogP contribution is -2.72. The summed E-state index contributed by atoms with van der Waals surface area (Å²) in [4.78, 5) is 51.1. The van der Waals surface area contributed by atoms with E-state index in [4.69, 9.17) is 0 Å². The standard InChI is InChI=1S/C29H31N5O4/c1-31(19-21-11-8-9-18-30-21)28(37)34-24-16-10-17-25(34)26(27(35)36)32(20-24)29(38)33(22-12-4-2-5-13-22)23-14-6-3-7-15-23/h2-9,11-15,18,24-26H,10,16-17,19-20H2,1H3,(H,35,36)/t24-,25+,26-/m0/s1. The summed E-state index contributed by atoms with van der Waals surface area (Å²) in [5.74, 6) is -1.12. The molecule has 0 saturated carbocycles. The Bertz CT molecular complexity index is 1230. The Morgan fingerprint density at radius 3 is 2.11 bits per heavy atom. The molecule has 0 spiro atoms. The quantitative estimate of drug-likeness (QED) is 0.539. The first kappa shape index (κ1) is 25.3. The molecule has 2 saturated heterocycles. The molecule has 2 aliphatic rings. The second-order valence-electron chi connectivity index (χ2n) is 9.74. The van der Waals surface area contributed by atoms with Gasteiger partial charge in [-0.1, -0.05) is 42.5 Å². The highest BCUT2D eigenvalue weighted by Gasteiger charge is 2.52. The lowest BCUT2D eigenvalue weighted by atomic mass is 9.86. The van der Waals surface area contributed by atoms with Crippen LogP contribution in [0, 0.1) is 0 Å². The van der Waals surface area contributed by atoms with Gasteiger partial charge in [0, 0.05) is 19.8 Å². The van der Waals surface area contributed by atoms with E-state index in [0.29, 0.717) is 30.8 Å². The van der Waals surface area contributed by atoms with Crippen molar-refractivity contribution in [1.29, 1.82) is 0 Å². The number of piperidine rings is 1. The van der Waals surface area contributed by atoms with Gasteiger partial charge in [0.05, 0.1) is 35.7 Å². The summed E-state index contributed by atoms with van der Waals surface area (Å²) in [6.07, 6.45) is 3.69. The Hall–Kier alpha value is -4.40. The molecule has 38 heavy (non-hydrogen) atoms. The number of aromatic nitrogens is 1. The number of fused-ring (bicyclic) bond motifs is 2. The summed E-state index contributed by atoms with van der Waals surface area (Å²) in [7, 11) is 1.70. The summed E-state index contributed by atoms with van der Waals surface area (Å²) in [6.45, 7) is 0.456. The molecule has 1 N–H and O–H groups in total. The van der Waals surface area contributed by atoms with Crippen molar-refractivity contribution in [1.82, 2.24) is 19.7 Å². The molecule has 0 radical (unpaired) electrons. The molecule has 2 aliphatic heterocycles. The molecular formula is C29H31N5O4. The monoisotopic (exact) mass is 513 g/mol. The first-order valence-corrected chi connectivity index (χ1v) is 12.8. The lowest BCUT2D eigenvalue weighted by molar-refractivity contribution is -0.148. The molecule has 2 bridgehead atoms. The van der Waals surface area contributed by atoms with Crippen molar-refractivity contribution in [3.05, 3.63) is 90.8 Å². The Morgan fingerprint density at radius 2 is 1.53 bits per heavy atom. The number of para-hydroxylation sites is 2. The number of rotatable bonds is 5. The third-order valence-electron chi connectivity index (χ3n) is 7.29. The lowest BCUT2D eigenvalue weighted by Gasteiger charge is -2.54.